The molecule has 0 atom stereocenters. The molecule has 0 saturated carbocycles. The molecule has 0 aliphatic rings. The highest BCUT2D eigenvalue weighted by Crippen LogP contribution is 2.32. The smallest absolute Gasteiger partial charge is 0.141 e. The maximum atomic E-state index is 13.6. The Kier molecular flexibility index (Phi) is 6.37. The van der Waals surface area contributed by atoms with Gasteiger partial charge in [0.05, 0.1) is 16.5 Å². The number of aliphatic imine (C=N–C) groups is 1. The first-order chi connectivity index (χ1) is 11.4. The van der Waals surface area contributed by atoms with Gasteiger partial charge in [0.25, 0.3) is 0 Å². The number of benzene rings is 2. The second-order valence-electron chi connectivity index (χ2n) is 5.81. The highest BCUT2D eigenvalue weighted by molar-refractivity contribution is 9.10. The molecule has 0 unspecified atom stereocenters. The van der Waals surface area contributed by atoms with Crippen LogP contribution in [0, 0.1) is 19.7 Å². The molecule has 0 N–H and O–H groups in total. The first-order valence-electron chi connectivity index (χ1n) is 7.89. The summed E-state index contributed by atoms with van der Waals surface area (Å²) in [7, 11) is 2.01. The fraction of sp³-hybridized carbons (Fsp3) is 0.316. The van der Waals surface area contributed by atoms with Gasteiger partial charge >= 0.3 is 0 Å². The van der Waals surface area contributed by atoms with Crippen molar-refractivity contribution in [2.24, 2.45) is 4.99 Å². The molecule has 5 heteroatoms. The van der Waals surface area contributed by atoms with Crippen LogP contribution in [0.15, 0.2) is 39.8 Å². The van der Waals surface area contributed by atoms with E-state index >= 15 is 0 Å². The lowest BCUT2D eigenvalue weighted by Crippen LogP contribution is -2.16. The van der Waals surface area contributed by atoms with Gasteiger partial charge in [-0.3, -0.25) is 0 Å². The molecule has 0 fully saturated rings. The van der Waals surface area contributed by atoms with Crippen molar-refractivity contribution in [2.45, 2.75) is 27.2 Å². The van der Waals surface area contributed by atoms with Crippen molar-refractivity contribution >= 4 is 28.0 Å². The van der Waals surface area contributed by atoms with Gasteiger partial charge in [0.15, 0.2) is 0 Å². The average molecular weight is 393 g/mol. The molecule has 0 saturated heterocycles. The fourth-order valence-corrected chi connectivity index (χ4v) is 2.51. The van der Waals surface area contributed by atoms with E-state index in [4.69, 9.17) is 4.74 Å². The Labute approximate surface area is 151 Å². The average Bonchev–Trinajstić information content (AvgIpc) is 2.53. The van der Waals surface area contributed by atoms with Crippen molar-refractivity contribution in [1.29, 1.82) is 0 Å². The second kappa shape index (κ2) is 8.29. The van der Waals surface area contributed by atoms with E-state index in [1.54, 1.807) is 12.1 Å². The van der Waals surface area contributed by atoms with E-state index in [0.29, 0.717) is 16.0 Å². The molecule has 3 nitrogen and oxygen atoms in total. The molecular formula is C19H22BrFN2O. The van der Waals surface area contributed by atoms with E-state index < -0.39 is 0 Å². The molecule has 2 aromatic rings. The molecule has 0 spiro atoms. The second-order valence-corrected chi connectivity index (χ2v) is 6.66. The number of rotatable bonds is 6. The van der Waals surface area contributed by atoms with Crippen LogP contribution in [-0.4, -0.2) is 24.8 Å². The minimum Gasteiger partial charge on any atom is -0.457 e. The molecule has 0 aliphatic heterocycles. The summed E-state index contributed by atoms with van der Waals surface area (Å²) >= 11 is 3.14. The van der Waals surface area contributed by atoms with Crippen molar-refractivity contribution in [3.05, 3.63) is 51.7 Å². The Morgan fingerprint density at radius 2 is 1.96 bits per heavy atom. The molecule has 0 amide bonds. The van der Waals surface area contributed by atoms with Gasteiger partial charge in [0, 0.05) is 19.7 Å². The van der Waals surface area contributed by atoms with Gasteiger partial charge in [0.2, 0.25) is 0 Å². The molecule has 0 bridgehead atoms. The summed E-state index contributed by atoms with van der Waals surface area (Å²) in [6.07, 6.45) is 2.92. The molecule has 2 rings (SSSR count). The minimum absolute atomic E-state index is 0.345. The summed E-state index contributed by atoms with van der Waals surface area (Å²) in [6, 6.07) is 8.64. The van der Waals surface area contributed by atoms with Crippen LogP contribution < -0.4 is 4.74 Å². The van der Waals surface area contributed by atoms with E-state index in [2.05, 4.69) is 32.7 Å². The minimum atomic E-state index is -0.345. The number of hydrogen-bond donors (Lipinski definition) is 0. The normalized spacial score (nSPS) is 11.1. The zero-order valence-electron chi connectivity index (χ0n) is 14.4. The molecule has 2 aromatic carbocycles. The number of aryl methyl sites for hydroxylation is 2. The maximum absolute atomic E-state index is 13.6. The van der Waals surface area contributed by atoms with Gasteiger partial charge in [-0.2, -0.15) is 0 Å². The van der Waals surface area contributed by atoms with E-state index in [-0.39, 0.29) is 5.82 Å². The Balaban J connectivity index is 2.21. The lowest BCUT2D eigenvalue weighted by atomic mass is 10.1. The monoisotopic (exact) mass is 392 g/mol. The van der Waals surface area contributed by atoms with Crippen molar-refractivity contribution < 1.29 is 9.13 Å². The summed E-state index contributed by atoms with van der Waals surface area (Å²) < 4.78 is 19.9. The van der Waals surface area contributed by atoms with Crippen molar-refractivity contribution in [1.82, 2.24) is 4.90 Å². The summed E-state index contributed by atoms with van der Waals surface area (Å²) in [5, 5.41) is 0. The van der Waals surface area contributed by atoms with Crippen LogP contribution in [0.25, 0.3) is 0 Å². The third-order valence-corrected chi connectivity index (χ3v) is 4.23. The van der Waals surface area contributed by atoms with Crippen LogP contribution in [0.5, 0.6) is 11.5 Å². The zero-order valence-corrected chi connectivity index (χ0v) is 16.0. The molecule has 0 radical (unpaired) electrons. The number of nitrogens with zero attached hydrogens (tertiary/aromatic N) is 2. The van der Waals surface area contributed by atoms with Crippen molar-refractivity contribution in [2.75, 3.05) is 13.6 Å². The highest BCUT2D eigenvalue weighted by atomic mass is 79.9. The molecule has 128 valence electrons. The topological polar surface area (TPSA) is 24.8 Å². The first kappa shape index (κ1) is 18.5. The molecular weight excluding hydrogens is 371 g/mol. The third kappa shape index (κ3) is 4.81. The lowest BCUT2D eigenvalue weighted by molar-refractivity contribution is 0.472. The van der Waals surface area contributed by atoms with Crippen LogP contribution in [0.2, 0.25) is 0 Å². The summed E-state index contributed by atoms with van der Waals surface area (Å²) in [6.45, 7) is 7.05. The van der Waals surface area contributed by atoms with Crippen molar-refractivity contribution in [3.63, 3.8) is 0 Å². The van der Waals surface area contributed by atoms with Gasteiger partial charge in [-0.15, -0.1) is 0 Å². The zero-order chi connectivity index (χ0) is 17.7. The van der Waals surface area contributed by atoms with Gasteiger partial charge in [-0.25, -0.2) is 9.38 Å². The Morgan fingerprint density at radius 1 is 1.21 bits per heavy atom. The van der Waals surface area contributed by atoms with Crippen LogP contribution in [0.3, 0.4) is 0 Å². The highest BCUT2D eigenvalue weighted by Gasteiger charge is 2.08. The van der Waals surface area contributed by atoms with Crippen LogP contribution in [-0.2, 0) is 0 Å². The molecule has 0 aliphatic carbocycles. The maximum Gasteiger partial charge on any atom is 0.141 e. The Bertz CT molecular complexity index is 746. The number of hydrogen-bond acceptors (Lipinski definition) is 2. The van der Waals surface area contributed by atoms with E-state index in [1.165, 1.54) is 6.07 Å². The van der Waals surface area contributed by atoms with Gasteiger partial charge in [-0.05, 0) is 71.6 Å². The summed E-state index contributed by atoms with van der Waals surface area (Å²) in [5.41, 5.74) is 2.87. The van der Waals surface area contributed by atoms with Gasteiger partial charge < -0.3 is 9.64 Å². The summed E-state index contributed by atoms with van der Waals surface area (Å²) in [5.74, 6) is 0.828. The van der Waals surface area contributed by atoms with E-state index in [9.17, 15) is 4.39 Å². The molecule has 0 heterocycles. The predicted molar refractivity (Wildman–Crippen MR) is 101 cm³/mol. The van der Waals surface area contributed by atoms with Gasteiger partial charge in [-0.1, -0.05) is 6.92 Å². The van der Waals surface area contributed by atoms with Crippen LogP contribution >= 0.6 is 15.9 Å². The van der Waals surface area contributed by atoms with Crippen LogP contribution in [0.1, 0.15) is 24.5 Å². The third-order valence-electron chi connectivity index (χ3n) is 3.58. The fourth-order valence-electron chi connectivity index (χ4n) is 2.26. The first-order valence-corrected chi connectivity index (χ1v) is 8.68. The number of ether oxygens (including phenoxy) is 1. The molecule has 0 aromatic heterocycles. The Hall–Kier alpha value is -1.88. The largest absolute Gasteiger partial charge is 0.457 e. The van der Waals surface area contributed by atoms with E-state index in [1.807, 2.05) is 39.4 Å². The predicted octanol–water partition coefficient (Wildman–Crippen LogP) is 6.00. The van der Waals surface area contributed by atoms with Gasteiger partial charge in [0.1, 0.15) is 17.3 Å². The van der Waals surface area contributed by atoms with Crippen molar-refractivity contribution in [3.8, 4) is 11.5 Å². The summed E-state index contributed by atoms with van der Waals surface area (Å²) in [4.78, 5) is 6.60. The Morgan fingerprint density at radius 3 is 2.62 bits per heavy atom. The van der Waals surface area contributed by atoms with E-state index in [0.717, 1.165) is 29.8 Å². The molecule has 24 heavy (non-hydrogen) atoms. The lowest BCUT2D eigenvalue weighted by Gasteiger charge is -2.13. The van der Waals surface area contributed by atoms with Crippen LogP contribution in [0.4, 0.5) is 10.1 Å². The number of halogens is 2. The standard InChI is InChI=1S/C19H22BrFN2O/c1-5-8-23(4)12-22-18-9-14(3)19(10-13(18)2)24-15-6-7-16(20)17(21)11-15/h6-7,9-12H,5,8H2,1-4H3. The quantitative estimate of drug-likeness (QED) is 0.444. The SMILES string of the molecule is CCCN(C)C=Nc1cc(C)c(Oc2ccc(Br)c(F)c2)cc1C.